The third kappa shape index (κ3) is 1.58. The number of nitrogens with zero attached hydrogens (tertiary/aromatic N) is 2. The Kier molecular flexibility index (Phi) is 1.74. The van der Waals surface area contributed by atoms with E-state index in [0.717, 1.165) is 12.8 Å². The van der Waals surface area contributed by atoms with Crippen LogP contribution in [0, 0.1) is 0 Å². The highest BCUT2D eigenvalue weighted by atomic mass is 16.1. The van der Waals surface area contributed by atoms with Gasteiger partial charge in [0.05, 0.1) is 5.56 Å². The van der Waals surface area contributed by atoms with Gasteiger partial charge in [0.1, 0.15) is 6.33 Å². The second-order valence-electron chi connectivity index (χ2n) is 2.87. The maximum atomic E-state index is 11.3. The van der Waals surface area contributed by atoms with Crippen molar-refractivity contribution < 1.29 is 4.79 Å². The number of aromatic nitrogens is 2. The number of carbonyl (C=O) groups excluding carboxylic acids is 1. The van der Waals surface area contributed by atoms with Crippen LogP contribution in [0.25, 0.3) is 0 Å². The van der Waals surface area contributed by atoms with Gasteiger partial charge in [-0.1, -0.05) is 0 Å². The van der Waals surface area contributed by atoms with Gasteiger partial charge in [0, 0.05) is 18.4 Å². The SMILES string of the molecule is O=C(NC1CC1)c1cncnc1. The van der Waals surface area contributed by atoms with Gasteiger partial charge in [0.15, 0.2) is 0 Å². The molecule has 1 N–H and O–H groups in total. The van der Waals surface area contributed by atoms with Gasteiger partial charge in [0.2, 0.25) is 0 Å². The summed E-state index contributed by atoms with van der Waals surface area (Å²) in [7, 11) is 0. The van der Waals surface area contributed by atoms with Crippen molar-refractivity contribution >= 4 is 5.91 Å². The molecular formula is C8H9N3O. The van der Waals surface area contributed by atoms with Crippen LogP contribution in [-0.2, 0) is 0 Å². The van der Waals surface area contributed by atoms with Crippen molar-refractivity contribution in [3.05, 3.63) is 24.3 Å². The molecular weight excluding hydrogens is 154 g/mol. The first-order valence-electron chi connectivity index (χ1n) is 3.92. The molecule has 0 atom stereocenters. The predicted molar refractivity (Wildman–Crippen MR) is 42.5 cm³/mol. The van der Waals surface area contributed by atoms with Gasteiger partial charge in [-0.15, -0.1) is 0 Å². The Morgan fingerprint density at radius 2 is 2.08 bits per heavy atom. The number of nitrogens with one attached hydrogen (secondary N) is 1. The van der Waals surface area contributed by atoms with Crippen LogP contribution in [0.5, 0.6) is 0 Å². The number of rotatable bonds is 2. The summed E-state index contributed by atoms with van der Waals surface area (Å²) in [5.74, 6) is -0.0712. The van der Waals surface area contributed by atoms with Crippen molar-refractivity contribution in [3.63, 3.8) is 0 Å². The highest BCUT2D eigenvalue weighted by Crippen LogP contribution is 2.18. The molecule has 0 radical (unpaired) electrons. The molecule has 0 saturated heterocycles. The highest BCUT2D eigenvalue weighted by Gasteiger charge is 2.23. The summed E-state index contributed by atoms with van der Waals surface area (Å²) in [5.41, 5.74) is 0.532. The second kappa shape index (κ2) is 2.89. The summed E-state index contributed by atoms with van der Waals surface area (Å²) >= 11 is 0. The van der Waals surface area contributed by atoms with Crippen LogP contribution in [-0.4, -0.2) is 21.9 Å². The molecule has 0 aromatic carbocycles. The third-order valence-electron chi connectivity index (χ3n) is 1.74. The standard InChI is InChI=1S/C8H9N3O/c12-8(11-7-1-2-7)6-3-9-5-10-4-6/h3-5,7H,1-2H2,(H,11,12). The molecule has 1 aliphatic carbocycles. The van der Waals surface area contributed by atoms with E-state index in [1.165, 1.54) is 18.7 Å². The second-order valence-corrected chi connectivity index (χ2v) is 2.87. The molecule has 1 saturated carbocycles. The van der Waals surface area contributed by atoms with Crippen LogP contribution in [0.1, 0.15) is 23.2 Å². The first kappa shape index (κ1) is 7.21. The lowest BCUT2D eigenvalue weighted by atomic mass is 10.3. The number of carbonyl (C=O) groups is 1. The van der Waals surface area contributed by atoms with Gasteiger partial charge < -0.3 is 5.32 Å². The minimum Gasteiger partial charge on any atom is -0.349 e. The quantitative estimate of drug-likeness (QED) is 0.685. The van der Waals surface area contributed by atoms with Gasteiger partial charge in [-0.3, -0.25) is 4.79 Å². The molecule has 12 heavy (non-hydrogen) atoms. The summed E-state index contributed by atoms with van der Waals surface area (Å²) in [6.07, 6.45) is 6.64. The first-order chi connectivity index (χ1) is 5.86. The summed E-state index contributed by atoms with van der Waals surface area (Å²) in [6, 6.07) is 0.387. The zero-order valence-electron chi connectivity index (χ0n) is 6.53. The van der Waals surface area contributed by atoms with Gasteiger partial charge in [-0.05, 0) is 12.8 Å². The van der Waals surface area contributed by atoms with Crippen molar-refractivity contribution in [3.8, 4) is 0 Å². The lowest BCUT2D eigenvalue weighted by molar-refractivity contribution is 0.0950. The Labute approximate surface area is 70.0 Å². The third-order valence-corrected chi connectivity index (χ3v) is 1.74. The molecule has 1 fully saturated rings. The Bertz CT molecular complexity index is 282. The smallest absolute Gasteiger partial charge is 0.254 e. The fourth-order valence-corrected chi connectivity index (χ4v) is 0.913. The largest absolute Gasteiger partial charge is 0.349 e. The van der Waals surface area contributed by atoms with E-state index >= 15 is 0 Å². The molecule has 0 spiro atoms. The summed E-state index contributed by atoms with van der Waals surface area (Å²) in [4.78, 5) is 18.8. The number of hydrogen-bond donors (Lipinski definition) is 1. The van der Waals surface area contributed by atoms with E-state index in [4.69, 9.17) is 0 Å². The minimum atomic E-state index is -0.0712. The Morgan fingerprint density at radius 1 is 1.42 bits per heavy atom. The molecule has 0 aliphatic heterocycles. The first-order valence-corrected chi connectivity index (χ1v) is 3.92. The molecule has 1 amide bonds. The van der Waals surface area contributed by atoms with E-state index in [9.17, 15) is 4.79 Å². The maximum Gasteiger partial charge on any atom is 0.254 e. The van der Waals surface area contributed by atoms with Crippen LogP contribution in [0.2, 0.25) is 0 Å². The normalized spacial score (nSPS) is 15.7. The average molecular weight is 163 g/mol. The summed E-state index contributed by atoms with van der Waals surface area (Å²) < 4.78 is 0. The summed E-state index contributed by atoms with van der Waals surface area (Å²) in [6.45, 7) is 0. The lowest BCUT2D eigenvalue weighted by Crippen LogP contribution is -2.25. The fourth-order valence-electron chi connectivity index (χ4n) is 0.913. The molecule has 0 unspecified atom stereocenters. The zero-order chi connectivity index (χ0) is 8.39. The number of hydrogen-bond acceptors (Lipinski definition) is 3. The number of amides is 1. The van der Waals surface area contributed by atoms with E-state index in [-0.39, 0.29) is 5.91 Å². The predicted octanol–water partition coefficient (Wildman–Crippen LogP) is 0.369. The lowest BCUT2D eigenvalue weighted by Gasteiger charge is -2.00. The molecule has 2 rings (SSSR count). The molecule has 62 valence electrons. The van der Waals surface area contributed by atoms with Crippen LogP contribution < -0.4 is 5.32 Å². The molecule has 0 bridgehead atoms. The van der Waals surface area contributed by atoms with E-state index < -0.39 is 0 Å². The van der Waals surface area contributed by atoms with Crippen LogP contribution in [0.15, 0.2) is 18.7 Å². The highest BCUT2D eigenvalue weighted by molar-refractivity contribution is 5.93. The molecule has 4 heteroatoms. The molecule has 4 nitrogen and oxygen atoms in total. The van der Waals surface area contributed by atoms with Crippen LogP contribution in [0.3, 0.4) is 0 Å². The van der Waals surface area contributed by atoms with Crippen molar-refractivity contribution in [2.24, 2.45) is 0 Å². The van der Waals surface area contributed by atoms with Gasteiger partial charge in [-0.2, -0.15) is 0 Å². The van der Waals surface area contributed by atoms with Crippen LogP contribution in [0.4, 0.5) is 0 Å². The van der Waals surface area contributed by atoms with E-state index in [2.05, 4.69) is 15.3 Å². The maximum absolute atomic E-state index is 11.3. The van der Waals surface area contributed by atoms with Crippen LogP contribution >= 0.6 is 0 Å². The Morgan fingerprint density at radius 3 is 2.67 bits per heavy atom. The van der Waals surface area contributed by atoms with Gasteiger partial charge in [0.25, 0.3) is 5.91 Å². The molecule has 1 aromatic rings. The van der Waals surface area contributed by atoms with E-state index in [0.29, 0.717) is 11.6 Å². The molecule has 1 aromatic heterocycles. The van der Waals surface area contributed by atoms with Crippen molar-refractivity contribution in [2.75, 3.05) is 0 Å². The zero-order valence-corrected chi connectivity index (χ0v) is 6.53. The van der Waals surface area contributed by atoms with Crippen molar-refractivity contribution in [1.82, 2.24) is 15.3 Å². The van der Waals surface area contributed by atoms with E-state index in [1.807, 2.05) is 0 Å². The van der Waals surface area contributed by atoms with E-state index in [1.54, 1.807) is 0 Å². The Balaban J connectivity index is 2.03. The van der Waals surface area contributed by atoms with Crippen molar-refractivity contribution in [1.29, 1.82) is 0 Å². The minimum absolute atomic E-state index is 0.0712. The fraction of sp³-hybridized carbons (Fsp3) is 0.375. The van der Waals surface area contributed by atoms with Gasteiger partial charge in [-0.25, -0.2) is 9.97 Å². The average Bonchev–Trinajstić information content (AvgIpc) is 2.90. The summed E-state index contributed by atoms with van der Waals surface area (Å²) in [5, 5.41) is 2.85. The van der Waals surface area contributed by atoms with Gasteiger partial charge >= 0.3 is 0 Å². The molecule has 1 heterocycles. The topological polar surface area (TPSA) is 54.9 Å². The van der Waals surface area contributed by atoms with Crippen molar-refractivity contribution in [2.45, 2.75) is 18.9 Å². The molecule has 1 aliphatic rings. The monoisotopic (exact) mass is 163 g/mol. The Hall–Kier alpha value is -1.45.